The Balaban J connectivity index is 1.82. The van der Waals surface area contributed by atoms with E-state index < -0.39 is 0 Å². The number of aliphatic hydroxyl groups excluding tert-OH is 1. The fourth-order valence-electron chi connectivity index (χ4n) is 2.70. The summed E-state index contributed by atoms with van der Waals surface area (Å²) in [4.78, 5) is 16.7. The molecule has 1 amide bonds. The van der Waals surface area contributed by atoms with Crippen LogP contribution in [-0.2, 0) is 4.79 Å². The van der Waals surface area contributed by atoms with Crippen molar-refractivity contribution in [2.45, 2.75) is 30.9 Å². The molecule has 104 valence electrons. The summed E-state index contributed by atoms with van der Waals surface area (Å²) in [6, 6.07) is 0. The highest BCUT2D eigenvalue weighted by Crippen LogP contribution is 2.26. The number of carbonyl (C=O) groups is 1. The summed E-state index contributed by atoms with van der Waals surface area (Å²) < 4.78 is 0. The molecule has 1 unspecified atom stereocenters. The van der Waals surface area contributed by atoms with Gasteiger partial charge in [0.15, 0.2) is 0 Å². The number of hydrogen-bond acceptors (Lipinski definition) is 4. The van der Waals surface area contributed by atoms with Crippen LogP contribution < -0.4 is 0 Å². The first-order valence-electron chi connectivity index (χ1n) is 7.05. The highest BCUT2D eigenvalue weighted by Gasteiger charge is 2.27. The lowest BCUT2D eigenvalue weighted by molar-refractivity contribution is -0.130. The summed E-state index contributed by atoms with van der Waals surface area (Å²) in [6.45, 7) is 4.58. The first-order chi connectivity index (χ1) is 8.81. The zero-order valence-corrected chi connectivity index (χ0v) is 11.8. The van der Waals surface area contributed by atoms with E-state index in [1.807, 2.05) is 16.7 Å². The number of amides is 1. The smallest absolute Gasteiger partial charge is 0.235 e. The maximum atomic E-state index is 12.4. The summed E-state index contributed by atoms with van der Waals surface area (Å²) >= 11 is 1.84. The molecule has 0 aromatic rings. The van der Waals surface area contributed by atoms with Crippen LogP contribution in [0.25, 0.3) is 0 Å². The van der Waals surface area contributed by atoms with Crippen molar-refractivity contribution in [3.63, 3.8) is 0 Å². The number of nitrogens with zero attached hydrogens (tertiary/aromatic N) is 2. The van der Waals surface area contributed by atoms with Gasteiger partial charge >= 0.3 is 0 Å². The van der Waals surface area contributed by atoms with Crippen molar-refractivity contribution in [2.24, 2.45) is 0 Å². The lowest BCUT2D eigenvalue weighted by Crippen LogP contribution is -2.41. The Kier molecular flexibility index (Phi) is 5.79. The van der Waals surface area contributed by atoms with Gasteiger partial charge < -0.3 is 10.0 Å². The topological polar surface area (TPSA) is 43.8 Å². The van der Waals surface area contributed by atoms with Crippen LogP contribution in [0.15, 0.2) is 0 Å². The van der Waals surface area contributed by atoms with Gasteiger partial charge in [0.25, 0.3) is 0 Å². The molecule has 1 N–H and O–H groups in total. The quantitative estimate of drug-likeness (QED) is 0.825. The number of hydrogen-bond donors (Lipinski definition) is 1. The first-order valence-corrected chi connectivity index (χ1v) is 8.10. The Morgan fingerprint density at radius 2 is 2.06 bits per heavy atom. The molecule has 2 saturated heterocycles. The van der Waals surface area contributed by atoms with E-state index in [0.29, 0.717) is 5.91 Å². The number of β-amino-alcohol motifs (C(OH)–C–C–N with tert-alkyl or cyclic N) is 1. The van der Waals surface area contributed by atoms with Crippen LogP contribution in [0.2, 0.25) is 0 Å². The Bertz CT molecular complexity index is 270. The minimum absolute atomic E-state index is 0.211. The lowest BCUT2D eigenvalue weighted by atomic mass is 10.1. The fourth-order valence-corrected chi connectivity index (χ4v) is 3.98. The van der Waals surface area contributed by atoms with Gasteiger partial charge in [-0.2, -0.15) is 0 Å². The minimum Gasteiger partial charge on any atom is -0.395 e. The average Bonchev–Trinajstić information content (AvgIpc) is 2.65. The summed E-state index contributed by atoms with van der Waals surface area (Å²) in [7, 11) is 0. The van der Waals surface area contributed by atoms with E-state index in [1.54, 1.807) is 0 Å². The van der Waals surface area contributed by atoms with E-state index in [2.05, 4.69) is 4.90 Å². The van der Waals surface area contributed by atoms with Crippen molar-refractivity contribution in [3.8, 4) is 0 Å². The van der Waals surface area contributed by atoms with Gasteiger partial charge in [0.1, 0.15) is 0 Å². The molecule has 0 bridgehead atoms. The van der Waals surface area contributed by atoms with Crippen LogP contribution in [0.3, 0.4) is 0 Å². The Hall–Kier alpha value is -0.260. The van der Waals surface area contributed by atoms with Crippen LogP contribution in [0.5, 0.6) is 0 Å². The predicted octanol–water partition coefficient (Wildman–Crippen LogP) is 0.799. The number of aliphatic hydroxyl groups is 1. The largest absolute Gasteiger partial charge is 0.395 e. The summed E-state index contributed by atoms with van der Waals surface area (Å²) in [5.74, 6) is 1.49. The fraction of sp³-hybridized carbons (Fsp3) is 0.923. The van der Waals surface area contributed by atoms with Gasteiger partial charge in [0.2, 0.25) is 5.91 Å². The van der Waals surface area contributed by atoms with Gasteiger partial charge in [-0.05, 0) is 31.6 Å². The third-order valence-corrected chi connectivity index (χ3v) is 5.14. The van der Waals surface area contributed by atoms with Gasteiger partial charge in [-0.1, -0.05) is 6.42 Å². The van der Waals surface area contributed by atoms with Gasteiger partial charge in [-0.15, -0.1) is 11.8 Å². The van der Waals surface area contributed by atoms with Gasteiger partial charge in [0, 0.05) is 26.2 Å². The van der Waals surface area contributed by atoms with Crippen molar-refractivity contribution in [1.82, 2.24) is 9.80 Å². The standard InChI is InChI=1S/C13H24N2O2S/c16-10-9-14-5-3-6-15(8-7-14)13(17)12-4-1-2-11-18-12/h12,16H,1-11H2. The van der Waals surface area contributed by atoms with Gasteiger partial charge in [-0.3, -0.25) is 9.69 Å². The second kappa shape index (κ2) is 7.36. The molecule has 0 aliphatic carbocycles. The molecule has 0 aromatic carbocycles. The van der Waals surface area contributed by atoms with Gasteiger partial charge in [0.05, 0.1) is 11.9 Å². The van der Waals surface area contributed by atoms with Gasteiger partial charge in [-0.25, -0.2) is 0 Å². The number of rotatable bonds is 3. The van der Waals surface area contributed by atoms with E-state index in [1.165, 1.54) is 12.8 Å². The molecule has 2 fully saturated rings. The molecule has 0 aromatic heterocycles. The monoisotopic (exact) mass is 272 g/mol. The SMILES string of the molecule is O=C(C1CCCCS1)N1CCCN(CCO)CC1. The molecular weight excluding hydrogens is 248 g/mol. The number of thioether (sulfide) groups is 1. The van der Waals surface area contributed by atoms with E-state index in [9.17, 15) is 4.79 Å². The van der Waals surface area contributed by atoms with E-state index in [-0.39, 0.29) is 11.9 Å². The normalized spacial score (nSPS) is 26.9. The highest BCUT2D eigenvalue weighted by molar-refractivity contribution is 8.00. The van der Waals surface area contributed by atoms with E-state index in [0.717, 1.165) is 51.3 Å². The third kappa shape index (κ3) is 3.87. The summed E-state index contributed by atoms with van der Waals surface area (Å²) in [6.07, 6.45) is 4.55. The molecular formula is C13H24N2O2S. The molecule has 5 heteroatoms. The molecule has 2 rings (SSSR count). The molecule has 18 heavy (non-hydrogen) atoms. The van der Waals surface area contributed by atoms with E-state index >= 15 is 0 Å². The zero-order chi connectivity index (χ0) is 12.8. The van der Waals surface area contributed by atoms with Crippen LogP contribution >= 0.6 is 11.8 Å². The average molecular weight is 272 g/mol. The molecule has 0 saturated carbocycles. The second-order valence-corrected chi connectivity index (χ2v) is 6.41. The highest BCUT2D eigenvalue weighted by atomic mass is 32.2. The molecule has 2 aliphatic rings. The van der Waals surface area contributed by atoms with Crippen molar-refractivity contribution in [3.05, 3.63) is 0 Å². The maximum Gasteiger partial charge on any atom is 0.235 e. The Labute approximate surface area is 114 Å². The minimum atomic E-state index is 0.211. The van der Waals surface area contributed by atoms with Crippen molar-refractivity contribution in [2.75, 3.05) is 45.1 Å². The van der Waals surface area contributed by atoms with Crippen LogP contribution in [-0.4, -0.2) is 71.1 Å². The second-order valence-electron chi connectivity index (χ2n) is 5.10. The number of carbonyl (C=O) groups excluding carboxylic acids is 1. The Morgan fingerprint density at radius 1 is 1.17 bits per heavy atom. The molecule has 2 aliphatic heterocycles. The van der Waals surface area contributed by atoms with Crippen molar-refractivity contribution >= 4 is 17.7 Å². The van der Waals surface area contributed by atoms with Crippen LogP contribution in [0, 0.1) is 0 Å². The summed E-state index contributed by atoms with van der Waals surface area (Å²) in [5, 5.41) is 9.17. The van der Waals surface area contributed by atoms with E-state index in [4.69, 9.17) is 5.11 Å². The van der Waals surface area contributed by atoms with Crippen molar-refractivity contribution in [1.29, 1.82) is 0 Å². The molecule has 0 radical (unpaired) electrons. The zero-order valence-electron chi connectivity index (χ0n) is 11.0. The Morgan fingerprint density at radius 3 is 2.78 bits per heavy atom. The molecule has 0 spiro atoms. The predicted molar refractivity (Wildman–Crippen MR) is 74.8 cm³/mol. The third-order valence-electron chi connectivity index (χ3n) is 3.77. The molecule has 2 heterocycles. The lowest BCUT2D eigenvalue weighted by Gasteiger charge is -2.28. The summed E-state index contributed by atoms with van der Waals surface area (Å²) in [5.41, 5.74) is 0. The van der Waals surface area contributed by atoms with Crippen LogP contribution in [0.4, 0.5) is 0 Å². The first kappa shape index (κ1) is 14.2. The molecule has 4 nitrogen and oxygen atoms in total. The molecule has 1 atom stereocenters. The van der Waals surface area contributed by atoms with Crippen molar-refractivity contribution < 1.29 is 9.90 Å². The maximum absolute atomic E-state index is 12.4. The van der Waals surface area contributed by atoms with Crippen LogP contribution in [0.1, 0.15) is 25.7 Å².